The van der Waals surface area contributed by atoms with Crippen LogP contribution in [0.5, 0.6) is 5.75 Å². The summed E-state index contributed by atoms with van der Waals surface area (Å²) in [6.45, 7) is -0.478. The Morgan fingerprint density at radius 3 is 2.46 bits per heavy atom. The Morgan fingerprint density at radius 1 is 1.14 bits per heavy atom. The Morgan fingerprint density at radius 2 is 1.82 bits per heavy atom. The zero-order valence-electron chi connectivity index (χ0n) is 15.6. The molecule has 0 saturated carbocycles. The molecule has 3 rings (SSSR count). The summed E-state index contributed by atoms with van der Waals surface area (Å²) in [6.07, 6.45) is 4.79. The van der Waals surface area contributed by atoms with E-state index in [1.54, 1.807) is 24.3 Å². The molecule has 28 heavy (non-hydrogen) atoms. The maximum Gasteiger partial charge on any atom is 0.308 e. The summed E-state index contributed by atoms with van der Waals surface area (Å²) < 4.78 is 10.0. The Balaban J connectivity index is 1.42. The van der Waals surface area contributed by atoms with E-state index < -0.39 is 18.5 Å². The zero-order chi connectivity index (χ0) is 20.1. The van der Waals surface area contributed by atoms with E-state index in [2.05, 4.69) is 5.32 Å². The minimum Gasteiger partial charge on any atom is -0.497 e. The predicted octanol–water partition coefficient (Wildman–Crippen LogP) is 1.52. The first-order chi connectivity index (χ1) is 13.5. The van der Waals surface area contributed by atoms with E-state index >= 15 is 0 Å². The number of benzene rings is 1. The summed E-state index contributed by atoms with van der Waals surface area (Å²) >= 11 is 0. The van der Waals surface area contributed by atoms with Crippen LogP contribution < -0.4 is 10.1 Å². The van der Waals surface area contributed by atoms with Gasteiger partial charge in [0.25, 0.3) is 5.91 Å². The molecule has 148 valence electrons. The number of hydrogen-bond donors (Lipinski definition) is 1. The number of rotatable bonds is 7. The van der Waals surface area contributed by atoms with Crippen molar-refractivity contribution in [2.45, 2.75) is 19.3 Å². The molecule has 1 heterocycles. The largest absolute Gasteiger partial charge is 0.497 e. The highest BCUT2D eigenvalue weighted by molar-refractivity contribution is 6.05. The average Bonchev–Trinajstić information content (AvgIpc) is 2.95. The van der Waals surface area contributed by atoms with Crippen molar-refractivity contribution in [3.8, 4) is 5.75 Å². The molecule has 1 saturated heterocycles. The summed E-state index contributed by atoms with van der Waals surface area (Å²) in [4.78, 5) is 49.6. The van der Waals surface area contributed by atoms with Gasteiger partial charge in [-0.15, -0.1) is 0 Å². The fourth-order valence-electron chi connectivity index (χ4n) is 3.41. The number of methoxy groups -OCH3 is 1. The van der Waals surface area contributed by atoms with Crippen LogP contribution in [0.25, 0.3) is 0 Å². The standard InChI is InChI=1S/C20H22N2O6/c1-27-14-6-4-5-13(11-14)21-17(23)12-28-18(24)9-10-22-19(25)15-7-2-3-8-16(15)20(22)26/h2-6,11,15-16H,7-10,12H2,1H3,(H,21,23)/t15-,16-/m1/s1. The maximum atomic E-state index is 12.3. The van der Waals surface area contributed by atoms with Gasteiger partial charge in [0, 0.05) is 18.3 Å². The lowest BCUT2D eigenvalue weighted by Crippen LogP contribution is -2.33. The fourth-order valence-corrected chi connectivity index (χ4v) is 3.41. The molecular weight excluding hydrogens is 364 g/mol. The van der Waals surface area contributed by atoms with Crippen LogP contribution in [0.15, 0.2) is 36.4 Å². The summed E-state index contributed by atoms with van der Waals surface area (Å²) in [5.41, 5.74) is 0.518. The third kappa shape index (κ3) is 4.39. The van der Waals surface area contributed by atoms with E-state index in [0.29, 0.717) is 24.3 Å². The van der Waals surface area contributed by atoms with Gasteiger partial charge in [-0.3, -0.25) is 24.1 Å². The highest BCUT2D eigenvalue weighted by Gasteiger charge is 2.46. The van der Waals surface area contributed by atoms with Crippen molar-refractivity contribution in [1.82, 2.24) is 4.90 Å². The van der Waals surface area contributed by atoms with Gasteiger partial charge in [-0.05, 0) is 25.0 Å². The van der Waals surface area contributed by atoms with Crippen LogP contribution in [0.1, 0.15) is 19.3 Å². The first-order valence-electron chi connectivity index (χ1n) is 9.09. The minimum absolute atomic E-state index is 0.0268. The molecule has 0 spiro atoms. The molecule has 1 aromatic carbocycles. The first-order valence-corrected chi connectivity index (χ1v) is 9.09. The normalized spacial score (nSPS) is 20.7. The lowest BCUT2D eigenvalue weighted by molar-refractivity contribution is -0.148. The Bertz CT molecular complexity index is 793. The molecule has 0 bridgehead atoms. The number of esters is 1. The monoisotopic (exact) mass is 386 g/mol. The number of allylic oxidation sites excluding steroid dienone is 2. The van der Waals surface area contributed by atoms with Crippen LogP contribution in [0.3, 0.4) is 0 Å². The minimum atomic E-state index is -0.644. The van der Waals surface area contributed by atoms with Gasteiger partial charge in [0.05, 0.1) is 25.4 Å². The SMILES string of the molecule is COc1cccc(NC(=O)COC(=O)CCN2C(=O)[C@@H]3CC=CC[C@H]3C2=O)c1. The highest BCUT2D eigenvalue weighted by atomic mass is 16.5. The van der Waals surface area contributed by atoms with Gasteiger partial charge < -0.3 is 14.8 Å². The molecule has 1 N–H and O–H groups in total. The lowest BCUT2D eigenvalue weighted by Gasteiger charge is -2.14. The summed E-state index contributed by atoms with van der Waals surface area (Å²) in [6, 6.07) is 6.78. The van der Waals surface area contributed by atoms with Gasteiger partial charge in [0.2, 0.25) is 11.8 Å². The third-order valence-corrected chi connectivity index (χ3v) is 4.86. The van der Waals surface area contributed by atoms with Crippen molar-refractivity contribution in [2.24, 2.45) is 11.8 Å². The second-order valence-corrected chi connectivity index (χ2v) is 6.67. The second-order valence-electron chi connectivity index (χ2n) is 6.67. The van der Waals surface area contributed by atoms with E-state index in [1.165, 1.54) is 7.11 Å². The highest BCUT2D eigenvalue weighted by Crippen LogP contribution is 2.35. The molecule has 2 atom stereocenters. The number of carbonyl (C=O) groups excluding carboxylic acids is 4. The van der Waals surface area contributed by atoms with E-state index in [9.17, 15) is 19.2 Å². The van der Waals surface area contributed by atoms with E-state index in [1.807, 2.05) is 12.2 Å². The number of hydrogen-bond acceptors (Lipinski definition) is 6. The van der Waals surface area contributed by atoms with Gasteiger partial charge >= 0.3 is 5.97 Å². The molecular formula is C20H22N2O6. The number of nitrogens with zero attached hydrogens (tertiary/aromatic N) is 1. The molecule has 1 aliphatic heterocycles. The second kappa shape index (κ2) is 8.69. The van der Waals surface area contributed by atoms with Gasteiger partial charge in [-0.2, -0.15) is 0 Å². The molecule has 8 heteroatoms. The smallest absolute Gasteiger partial charge is 0.308 e. The molecule has 0 unspecified atom stereocenters. The molecule has 0 aromatic heterocycles. The van der Waals surface area contributed by atoms with Crippen LogP contribution in [-0.4, -0.2) is 48.9 Å². The number of carbonyl (C=O) groups is 4. The number of fused-ring (bicyclic) bond motifs is 1. The average molecular weight is 386 g/mol. The summed E-state index contributed by atoms with van der Waals surface area (Å²) in [5.74, 6) is -1.65. The van der Waals surface area contributed by atoms with Crippen molar-refractivity contribution in [2.75, 3.05) is 25.6 Å². The topological polar surface area (TPSA) is 102 Å². The van der Waals surface area contributed by atoms with Gasteiger partial charge in [-0.1, -0.05) is 18.2 Å². The van der Waals surface area contributed by atoms with E-state index in [4.69, 9.17) is 9.47 Å². The maximum absolute atomic E-state index is 12.3. The van der Waals surface area contributed by atoms with Crippen LogP contribution in [-0.2, 0) is 23.9 Å². The van der Waals surface area contributed by atoms with E-state index in [-0.39, 0.29) is 36.6 Å². The quantitative estimate of drug-likeness (QED) is 0.433. The molecule has 1 aromatic rings. The summed E-state index contributed by atoms with van der Waals surface area (Å²) in [5, 5.41) is 2.60. The van der Waals surface area contributed by atoms with Gasteiger partial charge in [0.15, 0.2) is 6.61 Å². The molecule has 0 radical (unpaired) electrons. The van der Waals surface area contributed by atoms with Crippen molar-refractivity contribution >= 4 is 29.4 Å². The Labute approximate surface area is 162 Å². The van der Waals surface area contributed by atoms with Crippen molar-refractivity contribution in [3.63, 3.8) is 0 Å². The zero-order valence-corrected chi connectivity index (χ0v) is 15.6. The number of ether oxygens (including phenoxy) is 2. The third-order valence-electron chi connectivity index (χ3n) is 4.86. The number of likely N-dealkylation sites (tertiary alicyclic amines) is 1. The fraction of sp³-hybridized carbons (Fsp3) is 0.400. The number of anilines is 1. The molecule has 2 aliphatic rings. The molecule has 1 aliphatic carbocycles. The van der Waals surface area contributed by atoms with Crippen LogP contribution >= 0.6 is 0 Å². The van der Waals surface area contributed by atoms with Crippen LogP contribution in [0.2, 0.25) is 0 Å². The molecule has 8 nitrogen and oxygen atoms in total. The predicted molar refractivity (Wildman–Crippen MR) is 99.3 cm³/mol. The first kappa shape index (κ1) is 19.6. The number of imide groups is 1. The Kier molecular flexibility index (Phi) is 6.08. The van der Waals surface area contributed by atoms with Crippen molar-refractivity contribution in [3.05, 3.63) is 36.4 Å². The van der Waals surface area contributed by atoms with Crippen molar-refractivity contribution in [1.29, 1.82) is 0 Å². The number of amides is 3. The van der Waals surface area contributed by atoms with Crippen LogP contribution in [0.4, 0.5) is 5.69 Å². The Hall–Kier alpha value is -3.16. The van der Waals surface area contributed by atoms with Crippen molar-refractivity contribution < 1.29 is 28.7 Å². The van der Waals surface area contributed by atoms with E-state index in [0.717, 1.165) is 4.90 Å². The number of nitrogens with one attached hydrogen (secondary N) is 1. The lowest BCUT2D eigenvalue weighted by atomic mass is 9.85. The summed E-state index contributed by atoms with van der Waals surface area (Å²) in [7, 11) is 1.52. The van der Waals surface area contributed by atoms with Gasteiger partial charge in [-0.25, -0.2) is 0 Å². The molecule has 1 fully saturated rings. The van der Waals surface area contributed by atoms with Crippen LogP contribution in [0, 0.1) is 11.8 Å². The molecule has 3 amide bonds. The van der Waals surface area contributed by atoms with Gasteiger partial charge in [0.1, 0.15) is 5.75 Å².